The summed E-state index contributed by atoms with van der Waals surface area (Å²) in [4.78, 5) is 3.62. The number of aromatic nitrogens is 1. The molecule has 2 N–H and O–H groups in total. The Morgan fingerprint density at radius 2 is 2.13 bits per heavy atom. The second-order valence-electron chi connectivity index (χ2n) is 6.33. The second kappa shape index (κ2) is 4.63. The van der Waals surface area contributed by atoms with E-state index in [1.807, 2.05) is 18.2 Å². The fourth-order valence-corrected chi connectivity index (χ4v) is 3.87. The van der Waals surface area contributed by atoms with Crippen molar-refractivity contribution in [2.75, 3.05) is 5.73 Å². The summed E-state index contributed by atoms with van der Waals surface area (Å²) < 4.78 is 44.4. The van der Waals surface area contributed by atoms with Crippen LogP contribution in [-0.2, 0) is 6.18 Å². The summed E-state index contributed by atoms with van der Waals surface area (Å²) in [5.41, 5.74) is 4.60. The molecule has 1 aromatic heterocycles. The lowest BCUT2D eigenvalue weighted by Crippen LogP contribution is -2.28. The number of rotatable bonds is 2. The van der Waals surface area contributed by atoms with Crippen molar-refractivity contribution in [3.8, 4) is 5.75 Å². The summed E-state index contributed by atoms with van der Waals surface area (Å²) in [7, 11) is 0. The molecule has 2 bridgehead atoms. The number of fused-ring (bicyclic) bond motifs is 1. The molecular formula is C17H15F3N2O. The van der Waals surface area contributed by atoms with Crippen LogP contribution >= 0.6 is 0 Å². The Balaban J connectivity index is 1.68. The van der Waals surface area contributed by atoms with Gasteiger partial charge in [0.2, 0.25) is 0 Å². The van der Waals surface area contributed by atoms with E-state index in [1.165, 1.54) is 0 Å². The van der Waals surface area contributed by atoms with Crippen molar-refractivity contribution in [3.05, 3.63) is 54.0 Å². The molecule has 3 atom stereocenters. The van der Waals surface area contributed by atoms with Crippen LogP contribution in [0.15, 0.2) is 48.4 Å². The molecule has 3 nitrogen and oxygen atoms in total. The smallest absolute Gasteiger partial charge is 0.418 e. The lowest BCUT2D eigenvalue weighted by Gasteiger charge is -2.34. The molecule has 3 aliphatic carbocycles. The van der Waals surface area contributed by atoms with Gasteiger partial charge in [0, 0.05) is 6.20 Å². The van der Waals surface area contributed by atoms with Crippen LogP contribution in [-0.4, -0.2) is 4.98 Å². The minimum atomic E-state index is -4.48. The number of ether oxygens (including phenoxy) is 1. The third-order valence-corrected chi connectivity index (χ3v) is 4.94. The van der Waals surface area contributed by atoms with E-state index in [4.69, 9.17) is 10.5 Å². The van der Waals surface area contributed by atoms with E-state index < -0.39 is 11.7 Å². The zero-order valence-corrected chi connectivity index (χ0v) is 12.2. The fraction of sp³-hybridized carbons (Fsp3) is 0.353. The molecule has 23 heavy (non-hydrogen) atoms. The molecule has 6 heteroatoms. The number of allylic oxidation sites excluding steroid dienone is 5. The molecule has 120 valence electrons. The molecule has 0 aliphatic heterocycles. The van der Waals surface area contributed by atoms with Crippen molar-refractivity contribution in [1.29, 1.82) is 0 Å². The van der Waals surface area contributed by atoms with E-state index in [2.05, 4.69) is 17.1 Å². The highest BCUT2D eigenvalue weighted by Crippen LogP contribution is 2.60. The number of hydrogen-bond donors (Lipinski definition) is 1. The van der Waals surface area contributed by atoms with Gasteiger partial charge in [-0.2, -0.15) is 13.2 Å². The Hall–Kier alpha value is -2.24. The molecule has 1 aromatic rings. The summed E-state index contributed by atoms with van der Waals surface area (Å²) in [6.45, 7) is 0. The van der Waals surface area contributed by atoms with Crippen molar-refractivity contribution >= 4 is 5.82 Å². The number of nitrogens with two attached hydrogens (primary N) is 1. The van der Waals surface area contributed by atoms with Crippen molar-refractivity contribution in [1.82, 2.24) is 4.98 Å². The van der Waals surface area contributed by atoms with Crippen LogP contribution in [0.2, 0.25) is 0 Å². The number of halogens is 3. The van der Waals surface area contributed by atoms with Gasteiger partial charge in [-0.3, -0.25) is 0 Å². The molecule has 1 saturated carbocycles. The molecule has 3 aliphatic rings. The summed E-state index contributed by atoms with van der Waals surface area (Å²) in [5.74, 6) is 1.34. The Bertz CT molecular complexity index is 751. The van der Waals surface area contributed by atoms with E-state index in [1.54, 1.807) is 0 Å². The first-order valence-electron chi connectivity index (χ1n) is 7.47. The summed E-state index contributed by atoms with van der Waals surface area (Å²) in [6.07, 6.45) is 8.45. The highest BCUT2D eigenvalue weighted by atomic mass is 19.4. The average Bonchev–Trinajstić information content (AvgIpc) is 3.01. The molecule has 4 rings (SSSR count). The molecule has 1 heterocycles. The van der Waals surface area contributed by atoms with Crippen LogP contribution in [0.25, 0.3) is 0 Å². The number of alkyl halides is 3. The molecule has 1 fully saturated rings. The molecule has 3 unspecified atom stereocenters. The first-order valence-corrected chi connectivity index (χ1v) is 7.47. The number of nitrogens with zero attached hydrogens (tertiary/aromatic N) is 1. The number of nitrogen functional groups attached to an aromatic ring is 1. The van der Waals surface area contributed by atoms with Crippen LogP contribution in [0.3, 0.4) is 0 Å². The van der Waals surface area contributed by atoms with Gasteiger partial charge in [0.1, 0.15) is 5.76 Å². The topological polar surface area (TPSA) is 48.1 Å². The maximum atomic E-state index is 12.9. The monoisotopic (exact) mass is 320 g/mol. The van der Waals surface area contributed by atoms with Gasteiger partial charge in [-0.1, -0.05) is 24.3 Å². The highest BCUT2D eigenvalue weighted by Gasteiger charge is 2.53. The first-order chi connectivity index (χ1) is 10.9. The predicted molar refractivity (Wildman–Crippen MR) is 79.3 cm³/mol. The molecule has 0 radical (unpaired) electrons. The zero-order chi connectivity index (χ0) is 16.2. The first kappa shape index (κ1) is 14.4. The van der Waals surface area contributed by atoms with Crippen molar-refractivity contribution in [2.24, 2.45) is 17.3 Å². The van der Waals surface area contributed by atoms with E-state index in [-0.39, 0.29) is 17.0 Å². The SMILES string of the molecule is Nc1ncc(C(F)(F)F)cc1OC1=CC2CC3C=CC=CC13C2. The maximum Gasteiger partial charge on any atom is 0.418 e. The Morgan fingerprint density at radius 1 is 1.30 bits per heavy atom. The van der Waals surface area contributed by atoms with Crippen LogP contribution in [0, 0.1) is 17.3 Å². The molecule has 0 aromatic carbocycles. The molecule has 0 saturated heterocycles. The molecule has 0 amide bonds. The number of anilines is 1. The van der Waals surface area contributed by atoms with Gasteiger partial charge < -0.3 is 10.5 Å². The van der Waals surface area contributed by atoms with Gasteiger partial charge in [0.15, 0.2) is 11.6 Å². The number of hydrogen-bond acceptors (Lipinski definition) is 3. The van der Waals surface area contributed by atoms with Gasteiger partial charge in [-0.05, 0) is 36.8 Å². The molecule has 1 spiro atoms. The van der Waals surface area contributed by atoms with Crippen LogP contribution < -0.4 is 10.5 Å². The predicted octanol–water partition coefficient (Wildman–Crippen LogP) is 4.10. The fourth-order valence-electron chi connectivity index (χ4n) is 3.87. The van der Waals surface area contributed by atoms with Crippen LogP contribution in [0.4, 0.5) is 19.0 Å². The van der Waals surface area contributed by atoms with E-state index in [0.717, 1.165) is 25.1 Å². The van der Waals surface area contributed by atoms with Crippen LogP contribution in [0.5, 0.6) is 5.75 Å². The van der Waals surface area contributed by atoms with E-state index in [9.17, 15) is 13.2 Å². The average molecular weight is 320 g/mol. The molecular weight excluding hydrogens is 305 g/mol. The van der Waals surface area contributed by atoms with E-state index in [0.29, 0.717) is 17.6 Å². The van der Waals surface area contributed by atoms with Gasteiger partial charge in [0.25, 0.3) is 0 Å². The minimum Gasteiger partial charge on any atom is -0.457 e. The Morgan fingerprint density at radius 3 is 2.91 bits per heavy atom. The van der Waals surface area contributed by atoms with E-state index >= 15 is 0 Å². The Kier molecular flexibility index (Phi) is 2.89. The zero-order valence-electron chi connectivity index (χ0n) is 12.2. The van der Waals surface area contributed by atoms with Gasteiger partial charge in [0.05, 0.1) is 11.0 Å². The third kappa shape index (κ3) is 2.16. The summed E-state index contributed by atoms with van der Waals surface area (Å²) in [5, 5.41) is 0. The van der Waals surface area contributed by atoms with Crippen molar-refractivity contribution in [3.63, 3.8) is 0 Å². The maximum absolute atomic E-state index is 12.9. The lowest BCUT2D eigenvalue weighted by molar-refractivity contribution is -0.137. The third-order valence-electron chi connectivity index (χ3n) is 4.94. The minimum absolute atomic E-state index is 0.0327. The second-order valence-corrected chi connectivity index (χ2v) is 6.33. The highest BCUT2D eigenvalue weighted by molar-refractivity contribution is 5.50. The van der Waals surface area contributed by atoms with Gasteiger partial charge in [-0.25, -0.2) is 4.98 Å². The quantitative estimate of drug-likeness (QED) is 0.892. The van der Waals surface area contributed by atoms with Gasteiger partial charge in [-0.15, -0.1) is 0 Å². The largest absolute Gasteiger partial charge is 0.457 e. The standard InChI is InChI=1S/C17H15F3N2O/c18-17(19,20)12-7-13(15(21)22-9-12)23-14-6-10-5-11-3-1-2-4-16(11,14)8-10/h1-4,6-7,9-11H,5,8H2,(H2,21,22). The van der Waals surface area contributed by atoms with Crippen LogP contribution in [0.1, 0.15) is 18.4 Å². The summed E-state index contributed by atoms with van der Waals surface area (Å²) in [6, 6.07) is 0.920. The number of pyridine rings is 1. The van der Waals surface area contributed by atoms with Crippen molar-refractivity contribution in [2.45, 2.75) is 19.0 Å². The summed E-state index contributed by atoms with van der Waals surface area (Å²) >= 11 is 0. The van der Waals surface area contributed by atoms with Crippen molar-refractivity contribution < 1.29 is 17.9 Å². The lowest BCUT2D eigenvalue weighted by atomic mass is 9.74. The van der Waals surface area contributed by atoms with Gasteiger partial charge >= 0.3 is 6.18 Å². The Labute approximate surface area is 131 Å². The normalized spacial score (nSPS) is 31.2.